The van der Waals surface area contributed by atoms with E-state index in [1.165, 1.54) is 36.3 Å². The lowest BCUT2D eigenvalue weighted by Crippen LogP contribution is -2.49. The lowest BCUT2D eigenvalue weighted by atomic mass is 9.84. The molecule has 8 heteroatoms. The molecular weight excluding hydrogens is 519 g/mol. The van der Waals surface area contributed by atoms with Crippen molar-refractivity contribution in [2.24, 2.45) is 5.92 Å². The van der Waals surface area contributed by atoms with Crippen molar-refractivity contribution in [1.82, 2.24) is 14.8 Å². The summed E-state index contributed by atoms with van der Waals surface area (Å²) in [6.45, 7) is 4.74. The topological polar surface area (TPSA) is 83.4 Å². The molecule has 0 amide bonds. The highest BCUT2D eigenvalue weighted by Gasteiger charge is 2.32. The molecule has 0 aromatic carbocycles. The van der Waals surface area contributed by atoms with Gasteiger partial charge in [-0.3, -0.25) is 9.69 Å². The summed E-state index contributed by atoms with van der Waals surface area (Å²) < 4.78 is 0. The van der Waals surface area contributed by atoms with Crippen LogP contribution in [0.4, 0.5) is 0 Å². The van der Waals surface area contributed by atoms with E-state index in [1.807, 2.05) is 24.4 Å². The molecule has 1 aromatic rings. The number of nitrogens with one attached hydrogen (secondary N) is 2. The molecule has 1 aromatic heterocycles. The number of halogens is 2. The Morgan fingerprint density at radius 1 is 1.11 bits per heavy atom. The van der Waals surface area contributed by atoms with Crippen molar-refractivity contribution in [2.75, 3.05) is 39.8 Å². The van der Waals surface area contributed by atoms with Crippen LogP contribution in [0.3, 0.4) is 0 Å². The SMILES string of the molecule is CN1CCC(C(CO)N2CCC(c3c[nH]cc3/C=C\C=N)CC2)CC1.O=C/C=C/C1=CC(Cl)=C(Cl)CC=C1. The highest BCUT2D eigenvalue weighted by molar-refractivity contribution is 6.40. The second kappa shape index (κ2) is 16.0. The zero-order chi connectivity index (χ0) is 27.3. The summed E-state index contributed by atoms with van der Waals surface area (Å²) in [7, 11) is 2.19. The van der Waals surface area contributed by atoms with Gasteiger partial charge in [0.05, 0.1) is 11.6 Å². The normalized spacial score (nSPS) is 21.3. The van der Waals surface area contributed by atoms with Crippen LogP contribution in [-0.2, 0) is 4.79 Å². The van der Waals surface area contributed by atoms with E-state index in [4.69, 9.17) is 28.6 Å². The van der Waals surface area contributed by atoms with Crippen molar-refractivity contribution in [3.63, 3.8) is 0 Å². The van der Waals surface area contributed by atoms with Crippen molar-refractivity contribution in [3.05, 3.63) is 75.6 Å². The Morgan fingerprint density at radius 3 is 2.50 bits per heavy atom. The molecule has 3 aliphatic rings. The number of allylic oxidation sites excluding steroid dienone is 9. The van der Waals surface area contributed by atoms with Gasteiger partial charge in [-0.25, -0.2) is 0 Å². The predicted octanol–water partition coefficient (Wildman–Crippen LogP) is 5.88. The first-order chi connectivity index (χ1) is 18.5. The molecular formula is C30H40Cl2N4O2. The third kappa shape index (κ3) is 8.92. The number of hydrogen-bond donors (Lipinski definition) is 3. The largest absolute Gasteiger partial charge is 0.395 e. The number of aldehydes is 1. The van der Waals surface area contributed by atoms with Gasteiger partial charge in [-0.15, -0.1) is 0 Å². The fraction of sp³-hybridized carbons (Fsp3) is 0.467. The van der Waals surface area contributed by atoms with Crippen LogP contribution >= 0.6 is 23.2 Å². The van der Waals surface area contributed by atoms with E-state index >= 15 is 0 Å². The van der Waals surface area contributed by atoms with Crippen molar-refractivity contribution >= 4 is 41.8 Å². The number of aromatic nitrogens is 1. The second-order valence-electron chi connectivity index (χ2n) is 10.1. The average molecular weight is 560 g/mol. The molecule has 0 radical (unpaired) electrons. The van der Waals surface area contributed by atoms with Gasteiger partial charge in [-0.2, -0.15) is 0 Å². The Kier molecular flexibility index (Phi) is 12.8. The van der Waals surface area contributed by atoms with Crippen LogP contribution in [0, 0.1) is 11.3 Å². The summed E-state index contributed by atoms with van der Waals surface area (Å²) in [5, 5.41) is 18.3. The standard InChI is InChI=1S/C20H32N4O.C10H8Cl2O/c1-23-9-4-17(5-10-23)20(15-25)24-11-6-16(7-12-24)19-14-22-13-18(19)3-2-8-21;11-9-5-1-3-8(4-2-6-13)7-10(9)12/h2-3,8,13-14,16-17,20-22,25H,4-7,9-12,15H2,1H3;1-4,6-7H,5H2/b3-2-,21-8?;4-2+. The number of carbonyl (C=O) groups excluding carboxylic acids is 1. The predicted molar refractivity (Wildman–Crippen MR) is 159 cm³/mol. The van der Waals surface area contributed by atoms with Crippen molar-refractivity contribution in [1.29, 1.82) is 5.41 Å². The lowest BCUT2D eigenvalue weighted by molar-refractivity contribution is -0.104. The van der Waals surface area contributed by atoms with Crippen molar-refractivity contribution in [3.8, 4) is 0 Å². The number of H-pyrrole nitrogens is 1. The van der Waals surface area contributed by atoms with E-state index in [1.54, 1.807) is 18.2 Å². The zero-order valence-electron chi connectivity index (χ0n) is 22.2. The molecule has 3 heterocycles. The molecule has 3 N–H and O–H groups in total. The molecule has 0 saturated carbocycles. The monoisotopic (exact) mass is 558 g/mol. The molecule has 2 saturated heterocycles. The fourth-order valence-corrected chi connectivity index (χ4v) is 5.83. The summed E-state index contributed by atoms with van der Waals surface area (Å²) in [4.78, 5) is 18.2. The molecule has 2 aliphatic heterocycles. The van der Waals surface area contributed by atoms with Gasteiger partial charge in [0.1, 0.15) is 6.29 Å². The van der Waals surface area contributed by atoms with E-state index in [2.05, 4.69) is 28.0 Å². The highest BCUT2D eigenvalue weighted by Crippen LogP contribution is 2.33. The van der Waals surface area contributed by atoms with Gasteiger partial charge in [0.25, 0.3) is 0 Å². The van der Waals surface area contributed by atoms with Crippen LogP contribution < -0.4 is 0 Å². The first kappa shape index (κ1) is 30.3. The Morgan fingerprint density at radius 2 is 1.84 bits per heavy atom. The Bertz CT molecular complexity index is 1060. The minimum absolute atomic E-state index is 0.288. The highest BCUT2D eigenvalue weighted by atomic mass is 35.5. The van der Waals surface area contributed by atoms with Gasteiger partial charge in [-0.1, -0.05) is 47.5 Å². The molecule has 1 atom stereocenters. The Balaban J connectivity index is 0.000000260. The van der Waals surface area contributed by atoms with Crippen LogP contribution in [0.1, 0.15) is 49.1 Å². The smallest absolute Gasteiger partial charge is 0.142 e. The Hall–Kier alpha value is -2.22. The lowest BCUT2D eigenvalue weighted by Gasteiger charge is -2.42. The van der Waals surface area contributed by atoms with Gasteiger partial charge in [0, 0.05) is 36.1 Å². The van der Waals surface area contributed by atoms with Gasteiger partial charge >= 0.3 is 0 Å². The minimum Gasteiger partial charge on any atom is -0.395 e. The summed E-state index contributed by atoms with van der Waals surface area (Å²) in [6.07, 6.45) is 23.9. The number of hydrogen-bond acceptors (Lipinski definition) is 5. The van der Waals surface area contributed by atoms with E-state index < -0.39 is 0 Å². The van der Waals surface area contributed by atoms with E-state index in [0.29, 0.717) is 34.4 Å². The first-order valence-corrected chi connectivity index (χ1v) is 14.1. The number of aliphatic hydroxyl groups excluding tert-OH is 1. The minimum atomic E-state index is 0.288. The quantitative estimate of drug-likeness (QED) is 0.211. The van der Waals surface area contributed by atoms with E-state index in [0.717, 1.165) is 50.9 Å². The van der Waals surface area contributed by atoms with Crippen molar-refractivity contribution in [2.45, 2.75) is 44.1 Å². The number of carbonyl (C=O) groups is 1. The Labute approximate surface area is 236 Å². The number of piperidine rings is 2. The van der Waals surface area contributed by atoms with Crippen LogP contribution in [0.15, 0.2) is 64.5 Å². The molecule has 0 spiro atoms. The molecule has 2 fully saturated rings. The summed E-state index contributed by atoms with van der Waals surface area (Å²) in [6, 6.07) is 0.332. The molecule has 1 aliphatic carbocycles. The van der Waals surface area contributed by atoms with Crippen LogP contribution in [0.25, 0.3) is 6.08 Å². The summed E-state index contributed by atoms with van der Waals surface area (Å²) in [5.41, 5.74) is 3.45. The summed E-state index contributed by atoms with van der Waals surface area (Å²) in [5.74, 6) is 1.21. The number of nitrogens with zero attached hydrogens (tertiary/aromatic N) is 2. The van der Waals surface area contributed by atoms with Crippen molar-refractivity contribution < 1.29 is 9.90 Å². The molecule has 0 bridgehead atoms. The van der Waals surface area contributed by atoms with Gasteiger partial charge in [0.2, 0.25) is 0 Å². The summed E-state index contributed by atoms with van der Waals surface area (Å²) >= 11 is 11.7. The van der Waals surface area contributed by atoms with Crippen LogP contribution in [0.2, 0.25) is 0 Å². The first-order valence-electron chi connectivity index (χ1n) is 13.4. The third-order valence-corrected chi connectivity index (χ3v) is 8.43. The molecule has 38 heavy (non-hydrogen) atoms. The third-order valence-electron chi connectivity index (χ3n) is 7.64. The molecule has 1 unspecified atom stereocenters. The van der Waals surface area contributed by atoms with Gasteiger partial charge in [0.15, 0.2) is 0 Å². The zero-order valence-corrected chi connectivity index (χ0v) is 23.7. The van der Waals surface area contributed by atoms with Gasteiger partial charge in [-0.05, 0) is 106 Å². The van der Waals surface area contributed by atoms with Crippen LogP contribution in [0.5, 0.6) is 0 Å². The average Bonchev–Trinajstić information content (AvgIpc) is 3.34. The maximum Gasteiger partial charge on any atom is 0.142 e. The number of rotatable bonds is 8. The fourth-order valence-electron chi connectivity index (χ4n) is 5.48. The van der Waals surface area contributed by atoms with E-state index in [9.17, 15) is 9.90 Å². The maximum atomic E-state index is 10.1. The van der Waals surface area contributed by atoms with E-state index in [-0.39, 0.29) is 6.61 Å². The molecule has 6 nitrogen and oxygen atoms in total. The second-order valence-corrected chi connectivity index (χ2v) is 11.0. The molecule has 206 valence electrons. The molecule has 4 rings (SSSR count). The number of likely N-dealkylation sites (tertiary alicyclic amines) is 2. The number of aromatic amines is 1. The van der Waals surface area contributed by atoms with Gasteiger partial charge < -0.3 is 20.4 Å². The van der Waals surface area contributed by atoms with Crippen LogP contribution in [-0.4, -0.2) is 78.3 Å². The maximum absolute atomic E-state index is 10.1. The number of aliphatic hydroxyl groups is 1.